The summed E-state index contributed by atoms with van der Waals surface area (Å²) in [6.45, 7) is 6.33. The summed E-state index contributed by atoms with van der Waals surface area (Å²) in [5.74, 6) is -0.0761. The van der Waals surface area contributed by atoms with Gasteiger partial charge in [0.25, 0.3) is 5.69 Å². The first kappa shape index (κ1) is 15.4. The Balaban J connectivity index is 2.21. The van der Waals surface area contributed by atoms with Gasteiger partial charge in [-0.25, -0.2) is 0 Å². The second kappa shape index (κ2) is 6.67. The molecule has 1 atom stereocenters. The van der Waals surface area contributed by atoms with E-state index in [2.05, 4.69) is 0 Å². The number of hydrogen-bond donors (Lipinski definition) is 0. The van der Waals surface area contributed by atoms with Gasteiger partial charge in [-0.15, -0.1) is 0 Å². The molecule has 1 aromatic rings. The van der Waals surface area contributed by atoms with Crippen LogP contribution in [0.2, 0.25) is 0 Å². The largest absolute Gasteiger partial charge is 0.378 e. The molecule has 1 heterocycles. The summed E-state index contributed by atoms with van der Waals surface area (Å²) in [5.41, 5.74) is 0.868. The van der Waals surface area contributed by atoms with Crippen LogP contribution in [0.1, 0.15) is 25.3 Å². The van der Waals surface area contributed by atoms with Crippen molar-refractivity contribution in [3.63, 3.8) is 0 Å². The van der Waals surface area contributed by atoms with Crippen molar-refractivity contribution < 1.29 is 14.5 Å². The lowest BCUT2D eigenvalue weighted by Crippen LogP contribution is -2.44. The van der Waals surface area contributed by atoms with Gasteiger partial charge >= 0.3 is 0 Å². The predicted molar refractivity (Wildman–Crippen MR) is 78.1 cm³/mol. The Kier molecular flexibility index (Phi) is 4.90. The normalized spacial score (nSPS) is 16.8. The Morgan fingerprint density at radius 1 is 1.24 bits per heavy atom. The Labute approximate surface area is 123 Å². The molecule has 114 valence electrons. The van der Waals surface area contributed by atoms with E-state index in [9.17, 15) is 14.9 Å². The molecule has 1 fully saturated rings. The molecule has 1 aliphatic heterocycles. The molecule has 1 unspecified atom stereocenters. The van der Waals surface area contributed by atoms with E-state index in [0.717, 1.165) is 5.56 Å². The highest BCUT2D eigenvalue weighted by Gasteiger charge is 2.29. The average molecular weight is 292 g/mol. The van der Waals surface area contributed by atoms with Gasteiger partial charge in [0.05, 0.1) is 24.1 Å². The molecule has 1 aliphatic rings. The number of nitro groups is 1. The van der Waals surface area contributed by atoms with Crippen LogP contribution in [0.4, 0.5) is 5.69 Å². The summed E-state index contributed by atoms with van der Waals surface area (Å²) >= 11 is 0. The number of amides is 1. The topological polar surface area (TPSA) is 72.7 Å². The van der Waals surface area contributed by atoms with Gasteiger partial charge in [0.1, 0.15) is 0 Å². The molecule has 0 spiro atoms. The maximum atomic E-state index is 12.7. The molecule has 0 aliphatic carbocycles. The first-order valence-electron chi connectivity index (χ1n) is 7.11. The zero-order valence-corrected chi connectivity index (χ0v) is 12.3. The number of carbonyl (C=O) groups excluding carboxylic acids is 1. The van der Waals surface area contributed by atoms with Gasteiger partial charge in [-0.3, -0.25) is 14.9 Å². The number of carbonyl (C=O) groups is 1. The van der Waals surface area contributed by atoms with E-state index < -0.39 is 4.92 Å². The molecule has 0 bridgehead atoms. The number of morpholine rings is 1. The summed E-state index contributed by atoms with van der Waals surface area (Å²) in [4.78, 5) is 24.8. The van der Waals surface area contributed by atoms with E-state index in [1.165, 1.54) is 12.1 Å². The van der Waals surface area contributed by atoms with Crippen LogP contribution in [0.15, 0.2) is 24.3 Å². The minimum Gasteiger partial charge on any atom is -0.378 e. The van der Waals surface area contributed by atoms with Crippen molar-refractivity contribution in [3.05, 3.63) is 39.9 Å². The fourth-order valence-electron chi connectivity index (χ4n) is 2.60. The molecule has 6 heteroatoms. The number of hydrogen-bond acceptors (Lipinski definition) is 4. The highest BCUT2D eigenvalue weighted by atomic mass is 16.6. The van der Waals surface area contributed by atoms with Gasteiger partial charge in [-0.05, 0) is 11.5 Å². The van der Waals surface area contributed by atoms with Crippen molar-refractivity contribution in [2.45, 2.75) is 19.8 Å². The van der Waals surface area contributed by atoms with Crippen LogP contribution in [-0.4, -0.2) is 42.0 Å². The molecule has 0 radical (unpaired) electrons. The standard InChI is InChI=1S/C15H20N2O4/c1-11(2)14(15(18)16-7-9-21-10-8-16)12-3-5-13(6-4-12)17(19)20/h3-6,11,14H,7-10H2,1-2H3. The fourth-order valence-corrected chi connectivity index (χ4v) is 2.60. The van der Waals surface area contributed by atoms with Crippen LogP contribution in [-0.2, 0) is 9.53 Å². The van der Waals surface area contributed by atoms with Gasteiger partial charge in [-0.2, -0.15) is 0 Å². The average Bonchev–Trinajstić information content (AvgIpc) is 2.48. The highest BCUT2D eigenvalue weighted by Crippen LogP contribution is 2.28. The third-order valence-electron chi connectivity index (χ3n) is 3.72. The molecular formula is C15H20N2O4. The number of non-ortho nitro benzene ring substituents is 1. The van der Waals surface area contributed by atoms with Crippen LogP contribution < -0.4 is 0 Å². The molecule has 1 amide bonds. The van der Waals surface area contributed by atoms with Gasteiger partial charge < -0.3 is 9.64 Å². The monoisotopic (exact) mass is 292 g/mol. The molecular weight excluding hydrogens is 272 g/mol. The number of nitrogens with zero attached hydrogens (tertiary/aromatic N) is 2. The van der Waals surface area contributed by atoms with Gasteiger partial charge in [0.15, 0.2) is 0 Å². The number of nitro benzene ring substituents is 1. The van der Waals surface area contributed by atoms with Gasteiger partial charge in [0, 0.05) is 25.2 Å². The Hall–Kier alpha value is -1.95. The number of rotatable bonds is 4. The molecule has 1 aromatic carbocycles. The minimum absolute atomic E-state index is 0.0417. The summed E-state index contributed by atoms with van der Waals surface area (Å²) in [7, 11) is 0. The van der Waals surface area contributed by atoms with Crippen LogP contribution in [0.5, 0.6) is 0 Å². The molecule has 0 aromatic heterocycles. The van der Waals surface area contributed by atoms with Gasteiger partial charge in [0.2, 0.25) is 5.91 Å². The van der Waals surface area contributed by atoms with Crippen molar-refractivity contribution in [1.29, 1.82) is 0 Å². The molecule has 21 heavy (non-hydrogen) atoms. The molecule has 0 N–H and O–H groups in total. The second-order valence-electron chi connectivity index (χ2n) is 5.51. The number of benzene rings is 1. The van der Waals surface area contributed by atoms with Crippen molar-refractivity contribution >= 4 is 11.6 Å². The van der Waals surface area contributed by atoms with E-state index in [-0.39, 0.29) is 23.4 Å². The summed E-state index contributed by atoms with van der Waals surface area (Å²) in [5, 5.41) is 10.7. The maximum Gasteiger partial charge on any atom is 0.269 e. The zero-order valence-electron chi connectivity index (χ0n) is 12.3. The van der Waals surface area contributed by atoms with Crippen molar-refractivity contribution in [2.75, 3.05) is 26.3 Å². The predicted octanol–water partition coefficient (Wildman–Crippen LogP) is 2.19. The summed E-state index contributed by atoms with van der Waals surface area (Å²) < 4.78 is 5.27. The van der Waals surface area contributed by atoms with E-state index in [1.807, 2.05) is 18.7 Å². The summed E-state index contributed by atoms with van der Waals surface area (Å²) in [6.07, 6.45) is 0. The molecule has 6 nitrogen and oxygen atoms in total. The SMILES string of the molecule is CC(C)C(C(=O)N1CCOCC1)c1ccc([N+](=O)[O-])cc1. The Bertz CT molecular complexity index is 507. The number of ether oxygens (including phenoxy) is 1. The van der Waals surface area contributed by atoms with Crippen LogP contribution in [0, 0.1) is 16.0 Å². The maximum absolute atomic E-state index is 12.7. The van der Waals surface area contributed by atoms with Crippen LogP contribution >= 0.6 is 0 Å². The van der Waals surface area contributed by atoms with Crippen LogP contribution in [0.25, 0.3) is 0 Å². The summed E-state index contributed by atoms with van der Waals surface area (Å²) in [6, 6.07) is 6.27. The zero-order chi connectivity index (χ0) is 15.4. The lowest BCUT2D eigenvalue weighted by Gasteiger charge is -2.32. The van der Waals surface area contributed by atoms with Crippen molar-refractivity contribution in [2.24, 2.45) is 5.92 Å². The Morgan fingerprint density at radius 3 is 2.29 bits per heavy atom. The van der Waals surface area contributed by atoms with Crippen LogP contribution in [0.3, 0.4) is 0 Å². The highest BCUT2D eigenvalue weighted by molar-refractivity contribution is 5.84. The van der Waals surface area contributed by atoms with Gasteiger partial charge in [-0.1, -0.05) is 26.0 Å². The minimum atomic E-state index is -0.433. The third kappa shape index (κ3) is 3.58. The lowest BCUT2D eigenvalue weighted by molar-refractivity contribution is -0.384. The fraction of sp³-hybridized carbons (Fsp3) is 0.533. The second-order valence-corrected chi connectivity index (χ2v) is 5.51. The quantitative estimate of drug-likeness (QED) is 0.630. The first-order valence-corrected chi connectivity index (χ1v) is 7.11. The van der Waals surface area contributed by atoms with E-state index in [0.29, 0.717) is 26.3 Å². The van der Waals surface area contributed by atoms with E-state index in [4.69, 9.17) is 4.74 Å². The molecule has 2 rings (SSSR count). The molecule has 0 saturated carbocycles. The van der Waals surface area contributed by atoms with E-state index >= 15 is 0 Å². The van der Waals surface area contributed by atoms with E-state index in [1.54, 1.807) is 12.1 Å². The smallest absolute Gasteiger partial charge is 0.269 e. The Morgan fingerprint density at radius 2 is 1.81 bits per heavy atom. The molecule has 1 saturated heterocycles. The lowest BCUT2D eigenvalue weighted by atomic mass is 9.87. The van der Waals surface area contributed by atoms with Crippen molar-refractivity contribution in [1.82, 2.24) is 4.90 Å². The first-order chi connectivity index (χ1) is 10.0. The third-order valence-corrected chi connectivity index (χ3v) is 3.72. The van der Waals surface area contributed by atoms with Crippen molar-refractivity contribution in [3.8, 4) is 0 Å².